The molecule has 3 rings (SSSR count). The van der Waals surface area contributed by atoms with Crippen LogP contribution in [0.3, 0.4) is 0 Å². The summed E-state index contributed by atoms with van der Waals surface area (Å²) in [5.41, 5.74) is 2.22. The van der Waals surface area contributed by atoms with Crippen molar-refractivity contribution in [3.8, 4) is 0 Å². The van der Waals surface area contributed by atoms with Crippen molar-refractivity contribution < 1.29 is 13.2 Å². The Morgan fingerprint density at radius 3 is 2.73 bits per heavy atom. The van der Waals surface area contributed by atoms with E-state index >= 15 is 0 Å². The van der Waals surface area contributed by atoms with E-state index < -0.39 is 10.0 Å². The minimum absolute atomic E-state index is 0.0594. The maximum Gasteiger partial charge on any atom is 0.268 e. The van der Waals surface area contributed by atoms with Crippen LogP contribution in [0.4, 0.5) is 0 Å². The van der Waals surface area contributed by atoms with Gasteiger partial charge in [-0.25, -0.2) is 18.1 Å². The molecule has 0 aliphatic carbocycles. The lowest BCUT2D eigenvalue weighted by atomic mass is 10.3. The second-order valence-electron chi connectivity index (χ2n) is 5.93. The molecule has 2 aromatic heterocycles. The first-order valence-electron chi connectivity index (χ1n) is 8.13. The van der Waals surface area contributed by atoms with Gasteiger partial charge in [0.2, 0.25) is 10.0 Å². The normalized spacial score (nSPS) is 11.8. The molecule has 0 saturated carbocycles. The Labute approximate surface area is 151 Å². The van der Waals surface area contributed by atoms with Crippen molar-refractivity contribution in [1.29, 1.82) is 0 Å². The van der Waals surface area contributed by atoms with Crippen LogP contribution < -0.4 is 10.0 Å². The standard InChI is InChI=1S/C17H21N5O3S/c1-12-20-14-6-4-5-7-15(14)22(12)9-8-19-17(23)16-10-13(11-21(16)3)26(24,25)18-2/h4-7,10-11,18H,8-9H2,1-3H3,(H,19,23). The Morgan fingerprint density at radius 1 is 1.27 bits per heavy atom. The van der Waals surface area contributed by atoms with Gasteiger partial charge in [-0.2, -0.15) is 0 Å². The number of aryl methyl sites for hydroxylation is 2. The Hall–Kier alpha value is -2.65. The third-order valence-corrected chi connectivity index (χ3v) is 5.64. The number of rotatable bonds is 6. The molecule has 0 unspecified atom stereocenters. The number of fused-ring (bicyclic) bond motifs is 1. The highest BCUT2D eigenvalue weighted by Crippen LogP contribution is 2.15. The lowest BCUT2D eigenvalue weighted by molar-refractivity contribution is 0.0944. The second kappa shape index (κ2) is 6.93. The van der Waals surface area contributed by atoms with E-state index in [1.807, 2.05) is 35.8 Å². The van der Waals surface area contributed by atoms with Crippen LogP contribution in [0.25, 0.3) is 11.0 Å². The van der Waals surface area contributed by atoms with Gasteiger partial charge in [0, 0.05) is 26.3 Å². The number of imidazole rings is 1. The summed E-state index contributed by atoms with van der Waals surface area (Å²) in [4.78, 5) is 17.0. The summed E-state index contributed by atoms with van der Waals surface area (Å²) >= 11 is 0. The van der Waals surface area contributed by atoms with E-state index in [2.05, 4.69) is 15.0 Å². The van der Waals surface area contributed by atoms with Crippen LogP contribution in [0.2, 0.25) is 0 Å². The Balaban J connectivity index is 1.71. The molecule has 1 aromatic carbocycles. The largest absolute Gasteiger partial charge is 0.349 e. The molecule has 1 amide bonds. The zero-order valence-electron chi connectivity index (χ0n) is 14.9. The predicted molar refractivity (Wildman–Crippen MR) is 98.5 cm³/mol. The number of para-hydroxylation sites is 2. The van der Waals surface area contributed by atoms with Crippen molar-refractivity contribution in [2.75, 3.05) is 13.6 Å². The van der Waals surface area contributed by atoms with E-state index in [0.717, 1.165) is 16.9 Å². The molecule has 2 heterocycles. The molecule has 8 nitrogen and oxygen atoms in total. The fourth-order valence-electron chi connectivity index (χ4n) is 2.87. The van der Waals surface area contributed by atoms with E-state index in [1.165, 1.54) is 23.9 Å². The van der Waals surface area contributed by atoms with Gasteiger partial charge in [-0.05, 0) is 32.2 Å². The van der Waals surface area contributed by atoms with E-state index in [4.69, 9.17) is 0 Å². The highest BCUT2D eigenvalue weighted by atomic mass is 32.2. The first-order chi connectivity index (χ1) is 12.3. The van der Waals surface area contributed by atoms with Gasteiger partial charge in [0.05, 0.1) is 11.0 Å². The number of benzene rings is 1. The predicted octanol–water partition coefficient (Wildman–Crippen LogP) is 1.02. The number of nitrogens with one attached hydrogen (secondary N) is 2. The molecule has 0 aliphatic heterocycles. The van der Waals surface area contributed by atoms with Gasteiger partial charge in [-0.1, -0.05) is 12.1 Å². The topological polar surface area (TPSA) is 98.0 Å². The summed E-state index contributed by atoms with van der Waals surface area (Å²) in [6.45, 7) is 2.90. The van der Waals surface area contributed by atoms with Gasteiger partial charge >= 0.3 is 0 Å². The monoisotopic (exact) mass is 375 g/mol. The van der Waals surface area contributed by atoms with Gasteiger partial charge in [0.25, 0.3) is 5.91 Å². The number of hydrogen-bond acceptors (Lipinski definition) is 4. The first-order valence-corrected chi connectivity index (χ1v) is 9.62. The molecule has 0 fully saturated rings. The number of nitrogens with zero attached hydrogens (tertiary/aromatic N) is 3. The van der Waals surface area contributed by atoms with Crippen LogP contribution in [0, 0.1) is 6.92 Å². The summed E-state index contributed by atoms with van der Waals surface area (Å²) in [6.07, 6.45) is 1.41. The Bertz CT molecular complexity index is 1070. The first kappa shape index (κ1) is 18.2. The van der Waals surface area contributed by atoms with Gasteiger partial charge in [0.15, 0.2) is 0 Å². The highest BCUT2D eigenvalue weighted by Gasteiger charge is 2.19. The number of carbonyl (C=O) groups is 1. The van der Waals surface area contributed by atoms with Crippen LogP contribution in [-0.4, -0.2) is 42.0 Å². The molecule has 0 bridgehead atoms. The Morgan fingerprint density at radius 2 is 2.00 bits per heavy atom. The quantitative estimate of drug-likeness (QED) is 0.672. The molecule has 9 heteroatoms. The van der Waals surface area contributed by atoms with Crippen LogP contribution in [0.1, 0.15) is 16.3 Å². The summed E-state index contributed by atoms with van der Waals surface area (Å²) in [6, 6.07) is 9.19. The van der Waals surface area contributed by atoms with Crippen molar-refractivity contribution >= 4 is 27.0 Å². The highest BCUT2D eigenvalue weighted by molar-refractivity contribution is 7.89. The molecule has 0 saturated heterocycles. The SMILES string of the molecule is CNS(=O)(=O)c1cc(C(=O)NCCn2c(C)nc3ccccc32)n(C)c1. The fourth-order valence-corrected chi connectivity index (χ4v) is 3.67. The fraction of sp³-hybridized carbons (Fsp3) is 0.294. The van der Waals surface area contributed by atoms with Crippen molar-refractivity contribution in [2.45, 2.75) is 18.4 Å². The Kier molecular flexibility index (Phi) is 4.84. The number of sulfonamides is 1. The number of hydrogen-bond donors (Lipinski definition) is 2. The maximum atomic E-state index is 12.4. The lowest BCUT2D eigenvalue weighted by Gasteiger charge is -2.09. The molecule has 26 heavy (non-hydrogen) atoms. The van der Waals surface area contributed by atoms with E-state index in [-0.39, 0.29) is 16.5 Å². The van der Waals surface area contributed by atoms with Gasteiger partial charge < -0.3 is 14.5 Å². The third kappa shape index (κ3) is 3.35. The molecule has 0 radical (unpaired) electrons. The van der Waals surface area contributed by atoms with E-state index in [9.17, 15) is 13.2 Å². The summed E-state index contributed by atoms with van der Waals surface area (Å²) in [5.74, 6) is 0.550. The number of aromatic nitrogens is 3. The average Bonchev–Trinajstić information content (AvgIpc) is 3.15. The molecule has 3 aromatic rings. The smallest absolute Gasteiger partial charge is 0.268 e. The molecular formula is C17H21N5O3S. The van der Waals surface area contributed by atoms with Gasteiger partial charge in [-0.3, -0.25) is 4.79 Å². The third-order valence-electron chi connectivity index (χ3n) is 4.26. The van der Waals surface area contributed by atoms with Crippen LogP contribution >= 0.6 is 0 Å². The summed E-state index contributed by atoms with van der Waals surface area (Å²) < 4.78 is 29.5. The van der Waals surface area contributed by atoms with Crippen LogP contribution in [-0.2, 0) is 23.6 Å². The minimum Gasteiger partial charge on any atom is -0.349 e. The molecule has 0 atom stereocenters. The molecular weight excluding hydrogens is 354 g/mol. The molecule has 0 aliphatic rings. The van der Waals surface area contributed by atoms with Gasteiger partial charge in [0.1, 0.15) is 16.4 Å². The van der Waals surface area contributed by atoms with Crippen molar-refractivity contribution in [2.24, 2.45) is 7.05 Å². The summed E-state index contributed by atoms with van der Waals surface area (Å²) in [7, 11) is -0.613. The lowest BCUT2D eigenvalue weighted by Crippen LogP contribution is -2.28. The number of carbonyl (C=O) groups excluding carboxylic acids is 1. The summed E-state index contributed by atoms with van der Waals surface area (Å²) in [5, 5.41) is 2.83. The second-order valence-corrected chi connectivity index (χ2v) is 7.82. The molecule has 0 spiro atoms. The van der Waals surface area contributed by atoms with E-state index in [1.54, 1.807) is 7.05 Å². The zero-order valence-corrected chi connectivity index (χ0v) is 15.7. The maximum absolute atomic E-state index is 12.4. The van der Waals surface area contributed by atoms with Crippen LogP contribution in [0.15, 0.2) is 41.4 Å². The van der Waals surface area contributed by atoms with Crippen LogP contribution in [0.5, 0.6) is 0 Å². The van der Waals surface area contributed by atoms with Crippen molar-refractivity contribution in [3.63, 3.8) is 0 Å². The van der Waals surface area contributed by atoms with Crippen molar-refractivity contribution in [3.05, 3.63) is 48.0 Å². The molecule has 138 valence electrons. The zero-order chi connectivity index (χ0) is 18.9. The van der Waals surface area contributed by atoms with E-state index in [0.29, 0.717) is 13.1 Å². The number of amides is 1. The minimum atomic E-state index is -3.58. The van der Waals surface area contributed by atoms with Gasteiger partial charge in [-0.15, -0.1) is 0 Å². The van der Waals surface area contributed by atoms with Crippen molar-refractivity contribution in [1.82, 2.24) is 24.2 Å². The average molecular weight is 375 g/mol. The molecule has 2 N–H and O–H groups in total.